The SMILES string of the molecule is [2H]C([2H])(F)Oc1c(F)c(F)c(F)c2cc(N)cc(-c3ncc4c(N5CCOC[C@H]6[C@H](F)[C@H]65)nc(OC([2H])([2H])[C@@]56CCCN5C[C@H](F)C6)nc4c3F)c12. The van der Waals surface area contributed by atoms with Crippen LogP contribution in [0, 0.1) is 29.2 Å². The van der Waals surface area contributed by atoms with E-state index in [1.165, 1.54) is 4.90 Å². The molecule has 1 saturated carbocycles. The Morgan fingerprint density at radius 3 is 2.69 bits per heavy atom. The van der Waals surface area contributed by atoms with Crippen LogP contribution in [0.4, 0.5) is 42.2 Å². The number of benzene rings is 2. The summed E-state index contributed by atoms with van der Waals surface area (Å²) in [6.07, 6.45) is -0.995. The number of nitrogen functional groups attached to an aromatic ring is 1. The average molecular weight is 683 g/mol. The van der Waals surface area contributed by atoms with Crippen molar-refractivity contribution in [3.63, 3.8) is 0 Å². The topological polar surface area (TPSA) is 98.9 Å². The molecule has 254 valence electrons. The number of hydrogen-bond donors (Lipinski definition) is 1. The molecule has 5 heterocycles. The van der Waals surface area contributed by atoms with Gasteiger partial charge >= 0.3 is 6.01 Å². The monoisotopic (exact) mass is 682 g/mol. The number of halogens is 7. The number of aromatic nitrogens is 3. The van der Waals surface area contributed by atoms with Crippen LogP contribution in [0.3, 0.4) is 0 Å². The largest absolute Gasteiger partial charge is 0.461 e. The number of anilines is 2. The lowest BCUT2D eigenvalue weighted by Crippen LogP contribution is -2.43. The number of fused-ring (bicyclic) bond motifs is 4. The van der Waals surface area contributed by atoms with Gasteiger partial charge in [0.05, 0.1) is 32.9 Å². The van der Waals surface area contributed by atoms with Crippen molar-refractivity contribution in [2.45, 2.75) is 43.2 Å². The van der Waals surface area contributed by atoms with E-state index in [1.807, 2.05) is 0 Å². The van der Waals surface area contributed by atoms with Gasteiger partial charge in [-0.2, -0.15) is 14.4 Å². The van der Waals surface area contributed by atoms with Crippen LogP contribution in [0.5, 0.6) is 11.8 Å². The zero-order valence-corrected chi connectivity index (χ0v) is 24.9. The van der Waals surface area contributed by atoms with Crippen molar-refractivity contribution in [1.29, 1.82) is 0 Å². The quantitative estimate of drug-likeness (QED) is 0.156. The summed E-state index contributed by atoms with van der Waals surface area (Å²) in [6, 6.07) is 0.331. The molecular formula is C32H29F7N6O3. The van der Waals surface area contributed by atoms with Crippen LogP contribution in [-0.2, 0) is 4.74 Å². The van der Waals surface area contributed by atoms with Crippen LogP contribution < -0.4 is 20.1 Å². The molecule has 1 aliphatic carbocycles. The normalized spacial score (nSPS) is 28.8. The van der Waals surface area contributed by atoms with E-state index < -0.39 is 106 Å². The van der Waals surface area contributed by atoms with Gasteiger partial charge in [-0.1, -0.05) is 0 Å². The zero-order valence-electron chi connectivity index (χ0n) is 28.9. The van der Waals surface area contributed by atoms with Crippen molar-refractivity contribution in [2.75, 3.05) is 56.9 Å². The van der Waals surface area contributed by atoms with Gasteiger partial charge in [0.15, 0.2) is 23.2 Å². The molecule has 8 rings (SSSR count). The van der Waals surface area contributed by atoms with Crippen molar-refractivity contribution in [2.24, 2.45) is 5.92 Å². The summed E-state index contributed by atoms with van der Waals surface area (Å²) in [6.45, 7) is -6.02. The summed E-state index contributed by atoms with van der Waals surface area (Å²) in [5, 5.41) is -1.77. The first-order valence-corrected chi connectivity index (χ1v) is 15.2. The summed E-state index contributed by atoms with van der Waals surface area (Å²) in [5.74, 6) is -9.51. The number of alkyl halides is 3. The third-order valence-corrected chi connectivity index (χ3v) is 9.63. The Bertz CT molecular complexity index is 2130. The fraction of sp³-hybridized carbons (Fsp3) is 0.469. The molecule has 5 atom stereocenters. The summed E-state index contributed by atoms with van der Waals surface area (Å²) in [7, 11) is 0. The molecular weight excluding hydrogens is 649 g/mol. The molecule has 9 nitrogen and oxygen atoms in total. The number of nitrogens with two attached hydrogens (primary N) is 1. The van der Waals surface area contributed by atoms with E-state index in [4.69, 9.17) is 20.7 Å². The second-order valence-corrected chi connectivity index (χ2v) is 12.4. The molecule has 4 aromatic rings. The zero-order chi connectivity index (χ0) is 37.1. The average Bonchev–Trinajstić information content (AvgIpc) is 3.43. The molecule has 2 N–H and O–H groups in total. The minimum absolute atomic E-state index is 0.0139. The van der Waals surface area contributed by atoms with E-state index in [1.54, 1.807) is 4.90 Å². The molecule has 2 aromatic carbocycles. The molecule has 48 heavy (non-hydrogen) atoms. The molecule has 0 amide bonds. The molecule has 0 spiro atoms. The number of rotatable bonds is 7. The van der Waals surface area contributed by atoms with Crippen LogP contribution >= 0.6 is 0 Å². The van der Waals surface area contributed by atoms with E-state index in [9.17, 15) is 13.2 Å². The summed E-state index contributed by atoms with van der Waals surface area (Å²) < 4.78 is 154. The second-order valence-electron chi connectivity index (χ2n) is 12.4. The molecule has 3 saturated heterocycles. The van der Waals surface area contributed by atoms with Gasteiger partial charge in [-0.3, -0.25) is 9.88 Å². The van der Waals surface area contributed by atoms with E-state index in [0.717, 1.165) is 18.3 Å². The highest BCUT2D eigenvalue weighted by Gasteiger charge is 2.56. The lowest BCUT2D eigenvalue weighted by Gasteiger charge is -2.31. The van der Waals surface area contributed by atoms with Gasteiger partial charge < -0.3 is 24.8 Å². The summed E-state index contributed by atoms with van der Waals surface area (Å²) in [5.41, 5.74) is 2.31. The molecule has 0 bridgehead atoms. The van der Waals surface area contributed by atoms with Gasteiger partial charge in [0.2, 0.25) is 12.6 Å². The molecule has 4 fully saturated rings. The number of pyridine rings is 1. The molecule has 3 aliphatic heterocycles. The smallest absolute Gasteiger partial charge is 0.319 e. The lowest BCUT2D eigenvalue weighted by molar-refractivity contribution is 0.107. The first-order chi connectivity index (χ1) is 24.5. The molecule has 16 heteroatoms. The second kappa shape index (κ2) is 11.5. The van der Waals surface area contributed by atoms with Gasteiger partial charge in [-0.15, -0.1) is 0 Å². The third-order valence-electron chi connectivity index (χ3n) is 9.63. The Morgan fingerprint density at radius 1 is 1.04 bits per heavy atom. The molecule has 0 unspecified atom stereocenters. The van der Waals surface area contributed by atoms with Gasteiger partial charge in [0, 0.05) is 53.6 Å². The maximum atomic E-state index is 17.0. The number of nitrogens with zero attached hydrogens (tertiary/aromatic N) is 5. The van der Waals surface area contributed by atoms with Crippen molar-refractivity contribution in [3.05, 3.63) is 41.6 Å². The summed E-state index contributed by atoms with van der Waals surface area (Å²) in [4.78, 5) is 15.9. The molecule has 4 aliphatic rings. The highest BCUT2D eigenvalue weighted by molar-refractivity contribution is 6.04. The molecule has 0 radical (unpaired) electrons. The Kier molecular flexibility index (Phi) is 6.39. The van der Waals surface area contributed by atoms with Crippen LogP contribution in [0.2, 0.25) is 0 Å². The maximum Gasteiger partial charge on any atom is 0.319 e. The van der Waals surface area contributed by atoms with Crippen LogP contribution in [0.25, 0.3) is 32.9 Å². The fourth-order valence-electron chi connectivity index (χ4n) is 7.39. The van der Waals surface area contributed by atoms with E-state index >= 15 is 17.6 Å². The van der Waals surface area contributed by atoms with Gasteiger partial charge in [0.25, 0.3) is 0 Å². The Morgan fingerprint density at radius 2 is 1.88 bits per heavy atom. The van der Waals surface area contributed by atoms with Crippen molar-refractivity contribution < 1.29 is 50.4 Å². The fourth-order valence-corrected chi connectivity index (χ4v) is 7.39. The van der Waals surface area contributed by atoms with Crippen LogP contribution in [0.15, 0.2) is 18.3 Å². The first-order valence-electron chi connectivity index (χ1n) is 17.2. The van der Waals surface area contributed by atoms with Crippen molar-refractivity contribution >= 4 is 33.2 Å². The Balaban J connectivity index is 1.34. The minimum Gasteiger partial charge on any atom is -0.461 e. The maximum absolute atomic E-state index is 17.0. The third kappa shape index (κ3) is 4.77. The standard InChI is InChI=1S/C32H29F7N6O3/c33-13-48-29-20-16(21(35)23(37)24(29)38)6-15(40)7-17(20)26-25(39)27-18(9-41-26)30(45-4-5-46-11-19-22(36)28(19)45)43-31(42-27)47-12-32-2-1-3-44(32)10-14(34)8-32/h6-7,9,14,19,22,28H,1-5,8,10-13,40H2/t14-,19+,22+,28+,32+/m1/s1/i12D2,13D2. The predicted molar refractivity (Wildman–Crippen MR) is 160 cm³/mol. The van der Waals surface area contributed by atoms with Gasteiger partial charge in [0.1, 0.15) is 38.7 Å². The minimum atomic E-state index is -4.11. The van der Waals surface area contributed by atoms with E-state index in [2.05, 4.69) is 19.7 Å². The highest BCUT2D eigenvalue weighted by Crippen LogP contribution is 2.47. The Labute approximate surface area is 274 Å². The summed E-state index contributed by atoms with van der Waals surface area (Å²) >= 11 is 0. The predicted octanol–water partition coefficient (Wildman–Crippen LogP) is 5.42. The molecule has 2 aromatic heterocycles. The van der Waals surface area contributed by atoms with Crippen LogP contribution in [0.1, 0.15) is 24.7 Å². The van der Waals surface area contributed by atoms with Crippen LogP contribution in [-0.4, -0.2) is 90.0 Å². The Hall–Kier alpha value is -4.18. The van der Waals surface area contributed by atoms with Crippen molar-refractivity contribution in [1.82, 2.24) is 19.9 Å². The number of hydrogen-bond acceptors (Lipinski definition) is 9. The van der Waals surface area contributed by atoms with E-state index in [0.29, 0.717) is 13.0 Å². The van der Waals surface area contributed by atoms with Gasteiger partial charge in [-0.05, 0) is 31.5 Å². The van der Waals surface area contributed by atoms with Gasteiger partial charge in [-0.25, -0.2) is 26.3 Å². The first kappa shape index (κ1) is 26.7. The number of ether oxygens (including phenoxy) is 3. The van der Waals surface area contributed by atoms with E-state index in [-0.39, 0.29) is 56.0 Å². The van der Waals surface area contributed by atoms with Crippen molar-refractivity contribution in [3.8, 4) is 23.0 Å². The highest BCUT2D eigenvalue weighted by atomic mass is 19.2. The lowest BCUT2D eigenvalue weighted by atomic mass is 9.95.